The molecule has 1 amide bonds. The zero-order chi connectivity index (χ0) is 15.2. The van der Waals surface area contributed by atoms with Crippen molar-refractivity contribution >= 4 is 22.4 Å². The number of carbonyl (C=O) groups excluding carboxylic acids is 1. The molecule has 0 aromatic heterocycles. The van der Waals surface area contributed by atoms with Crippen LogP contribution in [0.15, 0.2) is 24.3 Å². The van der Waals surface area contributed by atoms with Crippen LogP contribution in [-0.4, -0.2) is 33.8 Å². The molecule has 2 unspecified atom stereocenters. The molecule has 1 aliphatic heterocycles. The van der Waals surface area contributed by atoms with Crippen molar-refractivity contribution in [2.75, 3.05) is 18.5 Å². The second-order valence-electron chi connectivity index (χ2n) is 4.96. The molecule has 0 aliphatic carbocycles. The van der Waals surface area contributed by atoms with Crippen LogP contribution in [0.25, 0.3) is 0 Å². The first kappa shape index (κ1) is 15.7. The van der Waals surface area contributed by atoms with Crippen molar-refractivity contribution in [3.8, 4) is 6.07 Å². The Morgan fingerprint density at radius 2 is 2.19 bits per heavy atom. The van der Waals surface area contributed by atoms with E-state index in [1.54, 1.807) is 31.2 Å². The lowest BCUT2D eigenvalue weighted by atomic mass is 10.2. The summed E-state index contributed by atoms with van der Waals surface area (Å²) < 4.78 is 17.6. The van der Waals surface area contributed by atoms with E-state index in [9.17, 15) is 9.00 Å². The van der Waals surface area contributed by atoms with Gasteiger partial charge in [0.05, 0.1) is 11.6 Å². The number of benzene rings is 1. The van der Waals surface area contributed by atoms with Crippen molar-refractivity contribution in [2.45, 2.75) is 30.3 Å². The molecule has 2 atom stereocenters. The Labute approximate surface area is 126 Å². The van der Waals surface area contributed by atoms with Gasteiger partial charge in [0.2, 0.25) is 5.91 Å². The van der Waals surface area contributed by atoms with Crippen LogP contribution in [0.2, 0.25) is 0 Å². The summed E-state index contributed by atoms with van der Waals surface area (Å²) >= 11 is 0. The predicted octanol–water partition coefficient (Wildman–Crippen LogP) is 1.81. The molecule has 6 heteroatoms. The lowest BCUT2D eigenvalue weighted by Crippen LogP contribution is -2.36. The minimum Gasteiger partial charge on any atom is -0.381 e. The summed E-state index contributed by atoms with van der Waals surface area (Å²) in [6.45, 7) is 2.89. The van der Waals surface area contributed by atoms with Crippen LogP contribution in [0, 0.1) is 11.3 Å². The van der Waals surface area contributed by atoms with Crippen molar-refractivity contribution in [3.05, 3.63) is 29.8 Å². The number of hydrogen-bond donors (Lipinski definition) is 1. The highest BCUT2D eigenvalue weighted by molar-refractivity contribution is 7.87. The highest BCUT2D eigenvalue weighted by Crippen LogP contribution is 2.18. The minimum absolute atomic E-state index is 0.0185. The van der Waals surface area contributed by atoms with Crippen molar-refractivity contribution in [1.82, 2.24) is 0 Å². The topological polar surface area (TPSA) is 79.2 Å². The zero-order valence-corrected chi connectivity index (χ0v) is 12.7. The summed E-state index contributed by atoms with van der Waals surface area (Å²) in [6, 6.07) is 8.70. The molecular weight excluding hydrogens is 288 g/mol. The summed E-state index contributed by atoms with van der Waals surface area (Å²) in [5.74, 6) is -0.282. The van der Waals surface area contributed by atoms with E-state index in [-0.39, 0.29) is 11.2 Å². The molecule has 2 rings (SSSR count). The van der Waals surface area contributed by atoms with Gasteiger partial charge in [-0.1, -0.05) is 6.07 Å². The van der Waals surface area contributed by atoms with Gasteiger partial charge in [-0.05, 0) is 38.0 Å². The monoisotopic (exact) mass is 306 g/mol. The Kier molecular flexibility index (Phi) is 5.48. The summed E-state index contributed by atoms with van der Waals surface area (Å²) in [6.07, 6.45) is 1.46. The summed E-state index contributed by atoms with van der Waals surface area (Å²) in [7, 11) is -1.22. The van der Waals surface area contributed by atoms with E-state index in [1.165, 1.54) is 0 Å². The highest BCUT2D eigenvalue weighted by Gasteiger charge is 2.28. The molecule has 112 valence electrons. The number of anilines is 1. The third kappa shape index (κ3) is 4.13. The maximum Gasteiger partial charge on any atom is 0.239 e. The molecule has 5 nitrogen and oxygen atoms in total. The molecule has 0 spiro atoms. The molecule has 1 heterocycles. The first-order chi connectivity index (χ1) is 10.1. The van der Waals surface area contributed by atoms with Crippen LogP contribution in [0.3, 0.4) is 0 Å². The van der Waals surface area contributed by atoms with Gasteiger partial charge in [0.25, 0.3) is 0 Å². The molecule has 1 fully saturated rings. The Balaban J connectivity index is 1.98. The van der Waals surface area contributed by atoms with Gasteiger partial charge in [-0.2, -0.15) is 5.26 Å². The molecule has 0 radical (unpaired) electrons. The largest absolute Gasteiger partial charge is 0.381 e. The third-order valence-electron chi connectivity index (χ3n) is 3.47. The molecule has 1 N–H and O–H groups in total. The lowest BCUT2D eigenvalue weighted by molar-refractivity contribution is -0.115. The fourth-order valence-electron chi connectivity index (χ4n) is 2.21. The van der Waals surface area contributed by atoms with Crippen LogP contribution in [0.5, 0.6) is 0 Å². The Bertz CT molecular complexity index is 577. The van der Waals surface area contributed by atoms with Crippen LogP contribution >= 0.6 is 0 Å². The third-order valence-corrected chi connectivity index (χ3v) is 5.51. The van der Waals surface area contributed by atoms with Gasteiger partial charge in [-0.3, -0.25) is 9.00 Å². The van der Waals surface area contributed by atoms with Gasteiger partial charge in [-0.15, -0.1) is 0 Å². The smallest absolute Gasteiger partial charge is 0.239 e. The molecule has 1 aromatic rings. The maximum absolute atomic E-state index is 12.4. The SMILES string of the molecule is CC(C(=O)Nc1cccc(C#N)c1)S(=O)C1CCOCC1. The fraction of sp³-hybridized carbons (Fsp3) is 0.467. The number of hydrogen-bond acceptors (Lipinski definition) is 4. The normalized spacial score (nSPS) is 18.5. The average Bonchev–Trinajstić information content (AvgIpc) is 2.54. The number of amides is 1. The van der Waals surface area contributed by atoms with E-state index >= 15 is 0 Å². The van der Waals surface area contributed by atoms with Crippen molar-refractivity contribution in [3.63, 3.8) is 0 Å². The van der Waals surface area contributed by atoms with Gasteiger partial charge >= 0.3 is 0 Å². The van der Waals surface area contributed by atoms with Crippen LogP contribution in [-0.2, 0) is 20.3 Å². The zero-order valence-electron chi connectivity index (χ0n) is 11.9. The molecule has 1 saturated heterocycles. The van der Waals surface area contributed by atoms with Gasteiger partial charge in [0, 0.05) is 35.0 Å². The molecule has 0 saturated carbocycles. The number of ether oxygens (including phenoxy) is 1. The Hall–Kier alpha value is -1.71. The maximum atomic E-state index is 12.4. The van der Waals surface area contributed by atoms with Gasteiger partial charge < -0.3 is 10.1 Å². The fourth-order valence-corrected chi connectivity index (χ4v) is 3.72. The lowest BCUT2D eigenvalue weighted by Gasteiger charge is -2.24. The summed E-state index contributed by atoms with van der Waals surface area (Å²) in [4.78, 5) is 12.2. The quantitative estimate of drug-likeness (QED) is 0.920. The van der Waals surface area contributed by atoms with E-state index < -0.39 is 16.0 Å². The average molecular weight is 306 g/mol. The standard InChI is InChI=1S/C15H18N2O3S/c1-11(21(19)14-5-7-20-8-6-14)15(18)17-13-4-2-3-12(9-13)10-16/h2-4,9,11,14H,5-8H2,1H3,(H,17,18). The second-order valence-corrected chi connectivity index (χ2v) is 7.00. The Morgan fingerprint density at radius 3 is 2.86 bits per heavy atom. The summed E-state index contributed by atoms with van der Waals surface area (Å²) in [5, 5.41) is 11.0. The number of nitriles is 1. The van der Waals surface area contributed by atoms with Crippen molar-refractivity contribution in [2.24, 2.45) is 0 Å². The first-order valence-corrected chi connectivity index (χ1v) is 8.17. The molecular formula is C15H18N2O3S. The summed E-state index contributed by atoms with van der Waals surface area (Å²) in [5.41, 5.74) is 1.03. The van der Waals surface area contributed by atoms with Crippen LogP contribution in [0.4, 0.5) is 5.69 Å². The molecule has 1 aromatic carbocycles. The second kappa shape index (κ2) is 7.34. The minimum atomic E-state index is -1.22. The van der Waals surface area contributed by atoms with E-state index in [0.717, 1.165) is 12.8 Å². The number of nitrogens with one attached hydrogen (secondary N) is 1. The van der Waals surface area contributed by atoms with E-state index in [0.29, 0.717) is 24.5 Å². The van der Waals surface area contributed by atoms with Gasteiger partial charge in [0.1, 0.15) is 5.25 Å². The predicted molar refractivity (Wildman–Crippen MR) is 81.2 cm³/mol. The molecule has 21 heavy (non-hydrogen) atoms. The highest BCUT2D eigenvalue weighted by atomic mass is 32.2. The number of nitrogens with zero attached hydrogens (tertiary/aromatic N) is 1. The number of rotatable bonds is 4. The van der Waals surface area contributed by atoms with Gasteiger partial charge in [0.15, 0.2) is 0 Å². The van der Waals surface area contributed by atoms with Crippen LogP contribution in [0.1, 0.15) is 25.3 Å². The van der Waals surface area contributed by atoms with E-state index in [1.807, 2.05) is 6.07 Å². The Morgan fingerprint density at radius 1 is 1.48 bits per heavy atom. The van der Waals surface area contributed by atoms with E-state index in [2.05, 4.69) is 5.32 Å². The molecule has 0 bridgehead atoms. The molecule has 1 aliphatic rings. The van der Waals surface area contributed by atoms with E-state index in [4.69, 9.17) is 10.00 Å². The van der Waals surface area contributed by atoms with Gasteiger partial charge in [-0.25, -0.2) is 0 Å². The van der Waals surface area contributed by atoms with Crippen molar-refractivity contribution in [1.29, 1.82) is 5.26 Å². The number of carbonyl (C=O) groups is 1. The first-order valence-electron chi connectivity index (χ1n) is 6.90. The van der Waals surface area contributed by atoms with Crippen molar-refractivity contribution < 1.29 is 13.7 Å². The van der Waals surface area contributed by atoms with Crippen LogP contribution < -0.4 is 5.32 Å².